The molecule has 3 rings (SSSR count). The molecule has 1 aromatic heterocycles. The second-order valence-corrected chi connectivity index (χ2v) is 6.05. The van der Waals surface area contributed by atoms with Gasteiger partial charge in [-0.2, -0.15) is 13.2 Å². The zero-order valence-corrected chi connectivity index (χ0v) is 12.5. The summed E-state index contributed by atoms with van der Waals surface area (Å²) in [6.45, 7) is 1.89. The average molecular weight is 319 g/mol. The van der Waals surface area contributed by atoms with E-state index in [1.807, 2.05) is 37.3 Å². The maximum Gasteiger partial charge on any atom is 0.416 e. The minimum Gasteiger partial charge on any atom is -0.241 e. The number of rotatable bonds is 2. The van der Waals surface area contributed by atoms with Crippen LogP contribution in [0.5, 0.6) is 0 Å². The highest BCUT2D eigenvalue weighted by Crippen LogP contribution is 2.38. The summed E-state index contributed by atoms with van der Waals surface area (Å²) in [5.41, 5.74) is 1.88. The van der Waals surface area contributed by atoms with Gasteiger partial charge in [0.15, 0.2) is 0 Å². The Morgan fingerprint density at radius 1 is 0.864 bits per heavy atom. The summed E-state index contributed by atoms with van der Waals surface area (Å²) in [4.78, 5) is 5.41. The van der Waals surface area contributed by atoms with E-state index < -0.39 is 11.7 Å². The lowest BCUT2D eigenvalue weighted by atomic mass is 10.1. The molecule has 0 amide bonds. The number of hydrogen-bond donors (Lipinski definition) is 0. The zero-order valence-electron chi connectivity index (χ0n) is 11.7. The molecule has 0 saturated carbocycles. The average Bonchev–Trinajstić information content (AvgIpc) is 2.89. The molecule has 0 spiro atoms. The molecule has 0 N–H and O–H groups in total. The molecular formula is C17H12F3NS. The number of aryl methyl sites for hydroxylation is 1. The second-order valence-electron chi connectivity index (χ2n) is 4.85. The second kappa shape index (κ2) is 5.57. The topological polar surface area (TPSA) is 12.9 Å². The van der Waals surface area contributed by atoms with Gasteiger partial charge >= 0.3 is 6.18 Å². The van der Waals surface area contributed by atoms with E-state index in [-0.39, 0.29) is 0 Å². The molecule has 0 aliphatic carbocycles. The number of halogens is 3. The predicted molar refractivity (Wildman–Crippen MR) is 82.7 cm³/mol. The van der Waals surface area contributed by atoms with Crippen molar-refractivity contribution < 1.29 is 13.2 Å². The largest absolute Gasteiger partial charge is 0.416 e. The highest BCUT2D eigenvalue weighted by molar-refractivity contribution is 7.15. The summed E-state index contributed by atoms with van der Waals surface area (Å²) in [5, 5.41) is 0.883. The van der Waals surface area contributed by atoms with Gasteiger partial charge in [0.2, 0.25) is 0 Å². The number of thiazole rings is 1. The smallest absolute Gasteiger partial charge is 0.241 e. The fraction of sp³-hybridized carbons (Fsp3) is 0.118. The molecule has 3 aromatic rings. The minimum atomic E-state index is -4.32. The molecule has 0 aliphatic rings. The molecule has 1 nitrogen and oxygen atoms in total. The van der Waals surface area contributed by atoms with Crippen LogP contribution in [0.2, 0.25) is 0 Å². The normalized spacial score (nSPS) is 11.6. The van der Waals surface area contributed by atoms with Crippen LogP contribution in [0.1, 0.15) is 10.6 Å². The quantitative estimate of drug-likeness (QED) is 0.581. The monoisotopic (exact) mass is 319 g/mol. The van der Waals surface area contributed by atoms with E-state index in [9.17, 15) is 13.2 Å². The summed E-state index contributed by atoms with van der Waals surface area (Å²) in [7, 11) is 0. The Morgan fingerprint density at radius 2 is 1.50 bits per heavy atom. The minimum absolute atomic E-state index is 0.640. The van der Waals surface area contributed by atoms with Crippen molar-refractivity contribution in [3.63, 3.8) is 0 Å². The number of alkyl halides is 3. The highest BCUT2D eigenvalue weighted by atomic mass is 32.1. The van der Waals surface area contributed by atoms with Crippen LogP contribution in [-0.2, 0) is 6.18 Å². The van der Waals surface area contributed by atoms with Gasteiger partial charge < -0.3 is 0 Å². The third-order valence-electron chi connectivity index (χ3n) is 3.26. The molecule has 22 heavy (non-hydrogen) atoms. The molecule has 0 bridgehead atoms. The predicted octanol–water partition coefficient (Wildman–Crippen LogP) is 5.80. The van der Waals surface area contributed by atoms with Gasteiger partial charge in [-0.15, -0.1) is 11.3 Å². The van der Waals surface area contributed by atoms with Crippen molar-refractivity contribution >= 4 is 11.3 Å². The van der Waals surface area contributed by atoms with Crippen LogP contribution in [0.15, 0.2) is 54.6 Å². The van der Waals surface area contributed by atoms with E-state index in [1.165, 1.54) is 23.5 Å². The van der Waals surface area contributed by atoms with Crippen LogP contribution in [0.25, 0.3) is 21.7 Å². The van der Waals surface area contributed by atoms with Gasteiger partial charge in [0, 0.05) is 5.56 Å². The van der Waals surface area contributed by atoms with E-state index in [1.54, 1.807) is 0 Å². The van der Waals surface area contributed by atoms with Crippen LogP contribution in [0.4, 0.5) is 13.2 Å². The number of nitrogens with zero attached hydrogens (tertiary/aromatic N) is 1. The van der Waals surface area contributed by atoms with Crippen molar-refractivity contribution in [2.75, 3.05) is 0 Å². The molecule has 2 aromatic carbocycles. The van der Waals surface area contributed by atoms with E-state index in [4.69, 9.17) is 0 Å². The van der Waals surface area contributed by atoms with E-state index in [0.717, 1.165) is 38.8 Å². The van der Waals surface area contributed by atoms with Crippen molar-refractivity contribution in [3.8, 4) is 21.7 Å². The number of hydrogen-bond acceptors (Lipinski definition) is 2. The summed E-state index contributed by atoms with van der Waals surface area (Å²) in [5.74, 6) is 0. The first-order valence-corrected chi connectivity index (χ1v) is 7.47. The van der Waals surface area contributed by atoms with Crippen molar-refractivity contribution in [1.82, 2.24) is 4.98 Å². The van der Waals surface area contributed by atoms with Crippen LogP contribution in [0, 0.1) is 6.92 Å². The van der Waals surface area contributed by atoms with Gasteiger partial charge in [-0.1, -0.05) is 42.5 Å². The summed E-state index contributed by atoms with van der Waals surface area (Å²) in [6, 6.07) is 14.9. The van der Waals surface area contributed by atoms with Gasteiger partial charge in [-0.05, 0) is 24.6 Å². The van der Waals surface area contributed by atoms with Crippen molar-refractivity contribution in [1.29, 1.82) is 0 Å². The van der Waals surface area contributed by atoms with Gasteiger partial charge in [-0.25, -0.2) is 4.98 Å². The first-order chi connectivity index (χ1) is 10.4. The Morgan fingerprint density at radius 3 is 2.09 bits per heavy atom. The molecule has 0 atom stereocenters. The molecule has 0 radical (unpaired) electrons. The molecule has 0 unspecified atom stereocenters. The Labute approximate surface area is 130 Å². The van der Waals surface area contributed by atoms with Crippen LogP contribution >= 0.6 is 11.3 Å². The van der Waals surface area contributed by atoms with Crippen LogP contribution < -0.4 is 0 Å². The highest BCUT2D eigenvalue weighted by Gasteiger charge is 2.30. The van der Waals surface area contributed by atoms with Crippen molar-refractivity contribution in [2.24, 2.45) is 0 Å². The molecule has 5 heteroatoms. The third-order valence-corrected chi connectivity index (χ3v) is 4.28. The summed E-state index contributed by atoms with van der Waals surface area (Å²) < 4.78 is 38.0. The van der Waals surface area contributed by atoms with E-state index >= 15 is 0 Å². The molecule has 0 saturated heterocycles. The Bertz CT molecular complexity index is 774. The molecule has 1 heterocycles. The van der Waals surface area contributed by atoms with Crippen molar-refractivity contribution in [2.45, 2.75) is 13.1 Å². The molecule has 0 fully saturated rings. The summed E-state index contributed by atoms with van der Waals surface area (Å²) in [6.07, 6.45) is -4.32. The lowest BCUT2D eigenvalue weighted by Gasteiger charge is -2.07. The van der Waals surface area contributed by atoms with Gasteiger partial charge in [0.25, 0.3) is 0 Å². The zero-order chi connectivity index (χ0) is 15.7. The Balaban J connectivity index is 2.06. The van der Waals surface area contributed by atoms with E-state index in [0.29, 0.717) is 0 Å². The SMILES string of the molecule is Cc1nc(-c2ccccc2)c(-c2ccc(C(F)(F)F)cc2)s1. The maximum absolute atomic E-state index is 12.7. The van der Waals surface area contributed by atoms with Crippen LogP contribution in [0.3, 0.4) is 0 Å². The fourth-order valence-electron chi connectivity index (χ4n) is 2.22. The first-order valence-electron chi connectivity index (χ1n) is 6.65. The molecule has 0 aliphatic heterocycles. The lowest BCUT2D eigenvalue weighted by molar-refractivity contribution is -0.137. The summed E-state index contributed by atoms with van der Waals surface area (Å²) >= 11 is 1.48. The van der Waals surface area contributed by atoms with Gasteiger partial charge in [-0.3, -0.25) is 0 Å². The molecule has 112 valence electrons. The Hall–Kier alpha value is -2.14. The standard InChI is InChI=1S/C17H12F3NS/c1-11-21-15(12-5-3-2-4-6-12)16(22-11)13-7-9-14(10-8-13)17(18,19)20/h2-10H,1H3. The number of aromatic nitrogens is 1. The first kappa shape index (κ1) is 14.8. The fourth-order valence-corrected chi connectivity index (χ4v) is 3.17. The third kappa shape index (κ3) is 2.90. The van der Waals surface area contributed by atoms with E-state index in [2.05, 4.69) is 4.98 Å². The lowest BCUT2D eigenvalue weighted by Crippen LogP contribution is -2.03. The van der Waals surface area contributed by atoms with Crippen molar-refractivity contribution in [3.05, 3.63) is 65.2 Å². The molecular weight excluding hydrogens is 307 g/mol. The van der Waals surface area contributed by atoms with Gasteiger partial charge in [0.1, 0.15) is 0 Å². The van der Waals surface area contributed by atoms with Gasteiger partial charge in [0.05, 0.1) is 21.1 Å². The van der Waals surface area contributed by atoms with Crippen LogP contribution in [-0.4, -0.2) is 4.98 Å². The maximum atomic E-state index is 12.7. The number of benzene rings is 2. The Kier molecular flexibility index (Phi) is 3.74.